The van der Waals surface area contributed by atoms with Crippen LogP contribution in [0.5, 0.6) is 0 Å². The maximum atomic E-state index is 4.44. The summed E-state index contributed by atoms with van der Waals surface area (Å²) in [5.74, 6) is 0.682. The number of nitrogens with zero attached hydrogens (tertiary/aromatic N) is 2. The number of hydrogen-bond donors (Lipinski definition) is 0. The molecule has 2 atom stereocenters. The molecular formula is C43H44N2. The lowest BCUT2D eigenvalue weighted by molar-refractivity contribution is 0.368. The van der Waals surface area contributed by atoms with E-state index in [0.29, 0.717) is 5.92 Å². The Hall–Kier alpha value is -5.08. The molecule has 2 heteroatoms. The van der Waals surface area contributed by atoms with Gasteiger partial charge in [-0.2, -0.15) is 0 Å². The molecule has 2 unspecified atom stereocenters. The number of allylic oxidation sites excluding steroid dienone is 4. The molecule has 0 radical (unpaired) electrons. The van der Waals surface area contributed by atoms with Gasteiger partial charge in [-0.3, -0.25) is 0 Å². The van der Waals surface area contributed by atoms with Crippen LogP contribution < -0.4 is 9.80 Å². The topological polar surface area (TPSA) is 6.48 Å². The van der Waals surface area contributed by atoms with Gasteiger partial charge in [-0.1, -0.05) is 137 Å². The number of anilines is 4. The summed E-state index contributed by atoms with van der Waals surface area (Å²) in [6.07, 6.45) is 4.58. The van der Waals surface area contributed by atoms with Crippen LogP contribution in [0.25, 0.3) is 5.57 Å². The van der Waals surface area contributed by atoms with Crippen molar-refractivity contribution in [2.75, 3.05) is 9.80 Å². The van der Waals surface area contributed by atoms with Crippen LogP contribution in [0.15, 0.2) is 182 Å². The largest absolute Gasteiger partial charge is 0.332 e. The number of rotatable bonds is 12. The third-order valence-electron chi connectivity index (χ3n) is 8.41. The molecule has 0 spiro atoms. The van der Waals surface area contributed by atoms with E-state index in [2.05, 4.69) is 202 Å². The maximum absolute atomic E-state index is 4.44. The molecular weight excluding hydrogens is 544 g/mol. The molecule has 5 aromatic carbocycles. The van der Waals surface area contributed by atoms with Gasteiger partial charge in [0.25, 0.3) is 0 Å². The van der Waals surface area contributed by atoms with Crippen LogP contribution in [-0.4, -0.2) is 6.04 Å². The molecule has 0 saturated carbocycles. The van der Waals surface area contributed by atoms with E-state index in [1.54, 1.807) is 0 Å². The minimum Gasteiger partial charge on any atom is -0.332 e. The molecule has 0 aromatic heterocycles. The summed E-state index contributed by atoms with van der Waals surface area (Å²) in [5, 5.41) is 0. The summed E-state index contributed by atoms with van der Waals surface area (Å²) in [6, 6.07) is 53.4. The normalized spacial score (nSPS) is 13.3. The van der Waals surface area contributed by atoms with Crippen molar-refractivity contribution < 1.29 is 0 Å². The second-order valence-corrected chi connectivity index (χ2v) is 11.9. The molecule has 0 N–H and O–H groups in total. The predicted octanol–water partition coefficient (Wildman–Crippen LogP) is 11.9. The minimum atomic E-state index is -0.0245. The second-order valence-electron chi connectivity index (χ2n) is 11.9. The zero-order valence-corrected chi connectivity index (χ0v) is 26.9. The Morgan fingerprint density at radius 3 is 1.31 bits per heavy atom. The first-order valence-electron chi connectivity index (χ1n) is 15.9. The molecule has 0 fully saturated rings. The Morgan fingerprint density at radius 2 is 0.911 bits per heavy atom. The quantitative estimate of drug-likeness (QED) is 0.134. The van der Waals surface area contributed by atoms with Gasteiger partial charge >= 0.3 is 0 Å². The van der Waals surface area contributed by atoms with Crippen LogP contribution in [0, 0.1) is 11.8 Å². The highest BCUT2D eigenvalue weighted by molar-refractivity contribution is 5.76. The molecule has 45 heavy (non-hydrogen) atoms. The summed E-state index contributed by atoms with van der Waals surface area (Å²) in [4.78, 5) is 4.96. The zero-order valence-electron chi connectivity index (χ0n) is 26.9. The predicted molar refractivity (Wildman–Crippen MR) is 195 cm³/mol. The van der Waals surface area contributed by atoms with Crippen LogP contribution in [-0.2, 0) is 0 Å². The lowest BCUT2D eigenvalue weighted by atomic mass is 9.85. The smallest absolute Gasteiger partial charge is 0.0774 e. The molecule has 2 nitrogen and oxygen atoms in total. The van der Waals surface area contributed by atoms with Crippen LogP contribution in [0.4, 0.5) is 22.7 Å². The van der Waals surface area contributed by atoms with Crippen molar-refractivity contribution in [1.82, 2.24) is 0 Å². The second kappa shape index (κ2) is 15.1. The fourth-order valence-corrected chi connectivity index (χ4v) is 5.82. The third-order valence-corrected chi connectivity index (χ3v) is 8.41. The van der Waals surface area contributed by atoms with Crippen molar-refractivity contribution in [2.45, 2.75) is 33.7 Å². The van der Waals surface area contributed by atoms with Gasteiger partial charge in [0, 0.05) is 28.4 Å². The third kappa shape index (κ3) is 7.72. The Kier molecular flexibility index (Phi) is 10.5. The van der Waals surface area contributed by atoms with Crippen molar-refractivity contribution in [1.29, 1.82) is 0 Å². The Morgan fingerprint density at radius 1 is 0.533 bits per heavy atom. The van der Waals surface area contributed by atoms with E-state index >= 15 is 0 Å². The Labute approximate surface area is 270 Å². The van der Waals surface area contributed by atoms with Gasteiger partial charge in [-0.05, 0) is 90.1 Å². The lowest BCUT2D eigenvalue weighted by Crippen LogP contribution is -2.44. The highest BCUT2D eigenvalue weighted by Crippen LogP contribution is 2.41. The minimum absolute atomic E-state index is 0.0245. The monoisotopic (exact) mass is 588 g/mol. The van der Waals surface area contributed by atoms with Crippen LogP contribution in [0.1, 0.15) is 33.3 Å². The van der Waals surface area contributed by atoms with Crippen molar-refractivity contribution in [3.05, 3.63) is 187 Å². The fourth-order valence-electron chi connectivity index (χ4n) is 5.82. The maximum Gasteiger partial charge on any atom is 0.0774 e. The van der Waals surface area contributed by atoms with E-state index in [-0.39, 0.29) is 12.0 Å². The molecule has 0 bridgehead atoms. The molecule has 0 saturated heterocycles. The number of para-hydroxylation sites is 4. The summed E-state index contributed by atoms with van der Waals surface area (Å²) >= 11 is 0. The average molecular weight is 589 g/mol. The molecule has 5 aromatic rings. The van der Waals surface area contributed by atoms with Gasteiger partial charge in [-0.25, -0.2) is 0 Å². The van der Waals surface area contributed by atoms with Gasteiger partial charge in [0.05, 0.1) is 6.04 Å². The van der Waals surface area contributed by atoms with Crippen molar-refractivity contribution in [2.24, 2.45) is 11.8 Å². The van der Waals surface area contributed by atoms with E-state index in [1.807, 2.05) is 6.07 Å². The molecule has 0 aliphatic carbocycles. The van der Waals surface area contributed by atoms with Gasteiger partial charge in [0.2, 0.25) is 0 Å². The lowest BCUT2D eigenvalue weighted by Gasteiger charge is -2.44. The van der Waals surface area contributed by atoms with E-state index in [1.165, 1.54) is 5.70 Å². The number of benzene rings is 5. The number of hydrogen-bond acceptors (Lipinski definition) is 2. The van der Waals surface area contributed by atoms with Crippen LogP contribution in [0.2, 0.25) is 0 Å². The van der Waals surface area contributed by atoms with E-state index in [9.17, 15) is 0 Å². The van der Waals surface area contributed by atoms with Gasteiger partial charge in [-0.15, -0.1) is 0 Å². The first-order chi connectivity index (χ1) is 21.9. The Balaban J connectivity index is 1.81. The van der Waals surface area contributed by atoms with E-state index in [0.717, 1.165) is 39.5 Å². The van der Waals surface area contributed by atoms with Crippen LogP contribution in [0.3, 0.4) is 0 Å². The van der Waals surface area contributed by atoms with Crippen molar-refractivity contribution >= 4 is 28.3 Å². The summed E-state index contributed by atoms with van der Waals surface area (Å²) < 4.78 is 0. The highest BCUT2D eigenvalue weighted by atomic mass is 15.2. The molecule has 226 valence electrons. The highest BCUT2D eigenvalue weighted by Gasteiger charge is 2.35. The fraction of sp³-hybridized carbons (Fsp3) is 0.163. The molecule has 0 amide bonds. The summed E-state index contributed by atoms with van der Waals surface area (Å²) in [5.41, 5.74) is 8.99. The molecule has 0 aliphatic rings. The standard InChI is InChI=1S/C43H44N2/c1-33(2)36(5)43(45(40-27-17-9-18-28-40)41-29-19-10-20-30-41)42(32-34(3)31-35(4)37-21-11-6-12-22-37)44(38-23-13-7-14-24-38)39-25-15-8-16-26-39/h6-33,36,43H,4H2,1-3,5H3/b34-31+,42-32+. The average Bonchev–Trinajstić information content (AvgIpc) is 3.08. The summed E-state index contributed by atoms with van der Waals surface area (Å²) in [7, 11) is 0. The molecule has 0 heterocycles. The SMILES string of the molecule is C=C(/C=C(C)/C=C(\C(C(C)C(C)C)N(c1ccccc1)c1ccccc1)N(c1ccccc1)c1ccccc1)c1ccccc1. The molecule has 5 rings (SSSR count). The molecule has 0 aliphatic heterocycles. The van der Waals surface area contributed by atoms with Gasteiger partial charge in [0.15, 0.2) is 0 Å². The zero-order chi connectivity index (χ0) is 31.6. The summed E-state index contributed by atoms with van der Waals surface area (Å²) in [6.45, 7) is 13.7. The van der Waals surface area contributed by atoms with Gasteiger partial charge < -0.3 is 9.80 Å². The van der Waals surface area contributed by atoms with Gasteiger partial charge in [0.1, 0.15) is 0 Å². The van der Waals surface area contributed by atoms with Crippen molar-refractivity contribution in [3.63, 3.8) is 0 Å². The van der Waals surface area contributed by atoms with Crippen LogP contribution >= 0.6 is 0 Å². The Bertz CT molecular complexity index is 1610. The first-order valence-corrected chi connectivity index (χ1v) is 15.9. The van der Waals surface area contributed by atoms with E-state index < -0.39 is 0 Å². The first kappa shape index (κ1) is 31.3. The van der Waals surface area contributed by atoms with E-state index in [4.69, 9.17) is 0 Å². The van der Waals surface area contributed by atoms with Crippen molar-refractivity contribution in [3.8, 4) is 0 Å².